The third-order valence-electron chi connectivity index (χ3n) is 5.05. The van der Waals surface area contributed by atoms with Gasteiger partial charge in [-0.15, -0.1) is 0 Å². The predicted octanol–water partition coefficient (Wildman–Crippen LogP) is 4.41. The van der Waals surface area contributed by atoms with Gasteiger partial charge in [0.2, 0.25) is 0 Å². The van der Waals surface area contributed by atoms with Gasteiger partial charge in [-0.2, -0.15) is 0 Å². The topological polar surface area (TPSA) is 66.6 Å². The van der Waals surface area contributed by atoms with Crippen LogP contribution in [0, 0.1) is 0 Å². The number of hydrogen-bond donors (Lipinski definition) is 2. The molecule has 142 valence electrons. The summed E-state index contributed by atoms with van der Waals surface area (Å²) in [6.45, 7) is 2.64. The van der Waals surface area contributed by atoms with Crippen LogP contribution in [0.2, 0.25) is 10.0 Å². The molecule has 1 atom stereocenters. The summed E-state index contributed by atoms with van der Waals surface area (Å²) in [6.07, 6.45) is 2.12. The van der Waals surface area contributed by atoms with Crippen molar-refractivity contribution in [2.45, 2.75) is 18.9 Å². The molecule has 0 saturated heterocycles. The maximum absolute atomic E-state index is 8.36. The van der Waals surface area contributed by atoms with Crippen molar-refractivity contribution in [3.8, 4) is 0 Å². The Labute approximate surface area is 169 Å². The van der Waals surface area contributed by atoms with E-state index in [0.29, 0.717) is 0 Å². The maximum atomic E-state index is 8.36. The van der Waals surface area contributed by atoms with Gasteiger partial charge in [-0.3, -0.25) is 9.69 Å². The first kappa shape index (κ1) is 19.9. The fourth-order valence-electron chi connectivity index (χ4n) is 3.87. The summed E-state index contributed by atoms with van der Waals surface area (Å²) in [5, 5.41) is 8.46. The Morgan fingerprint density at radius 1 is 1.19 bits per heavy atom. The van der Waals surface area contributed by atoms with Crippen LogP contribution >= 0.6 is 23.2 Å². The Hall–Kier alpha value is -1.85. The third kappa shape index (κ3) is 4.71. The zero-order valence-corrected chi connectivity index (χ0v) is 16.4. The highest BCUT2D eigenvalue weighted by molar-refractivity contribution is 6.31. The molecule has 2 aromatic carbocycles. The van der Waals surface area contributed by atoms with Gasteiger partial charge >= 0.3 is 0 Å². The van der Waals surface area contributed by atoms with E-state index in [0.717, 1.165) is 48.1 Å². The second-order valence-electron chi connectivity index (χ2n) is 6.81. The highest BCUT2D eigenvalue weighted by atomic mass is 35.5. The van der Waals surface area contributed by atoms with Gasteiger partial charge in [-0.05, 0) is 64.9 Å². The molecule has 3 N–H and O–H groups in total. The lowest BCUT2D eigenvalue weighted by molar-refractivity contribution is -0.122. The lowest BCUT2D eigenvalue weighted by Gasteiger charge is -2.30. The minimum atomic E-state index is -0.250. The average Bonchev–Trinajstić information content (AvgIpc) is 2.99. The zero-order chi connectivity index (χ0) is 19.4. The first-order valence-electron chi connectivity index (χ1n) is 8.82. The molecule has 4 nitrogen and oxygen atoms in total. The van der Waals surface area contributed by atoms with Crippen molar-refractivity contribution in [2.75, 3.05) is 19.6 Å². The number of nitrogens with two attached hydrogens (primary N) is 1. The summed E-state index contributed by atoms with van der Waals surface area (Å²) in [6, 6.07) is 14.1. The van der Waals surface area contributed by atoms with Crippen LogP contribution in [-0.2, 0) is 11.2 Å². The van der Waals surface area contributed by atoms with Crippen LogP contribution in [0.3, 0.4) is 0 Å². The average molecular weight is 405 g/mol. The molecule has 2 aromatic rings. The number of nitrogens with zero attached hydrogens (tertiary/aromatic N) is 1. The Morgan fingerprint density at radius 2 is 1.93 bits per heavy atom. The SMILES string of the molecule is NC(CN1CCC2=C(Cc3ccc(Cl)cc32)C1)c1cccc(Cl)c1.O=CO. The van der Waals surface area contributed by atoms with Gasteiger partial charge in [-0.25, -0.2) is 0 Å². The third-order valence-corrected chi connectivity index (χ3v) is 5.52. The molecule has 0 fully saturated rings. The maximum Gasteiger partial charge on any atom is 0.290 e. The monoisotopic (exact) mass is 404 g/mol. The van der Waals surface area contributed by atoms with Gasteiger partial charge in [0.15, 0.2) is 0 Å². The normalized spacial score (nSPS) is 16.9. The lowest BCUT2D eigenvalue weighted by atomic mass is 9.98. The van der Waals surface area contributed by atoms with E-state index in [1.54, 1.807) is 0 Å². The molecule has 6 heteroatoms. The standard InChI is InChI=1S/C20H20Cl2N2.CH2O2/c21-16-3-1-2-14(9-16)20(23)12-24-7-6-18-15(11-24)8-13-4-5-17(22)10-19(13)18;2-1-3/h1-5,9-10,20H,6-8,11-12,23H2;1H,(H,2,3). The number of halogens is 2. The van der Waals surface area contributed by atoms with Crippen molar-refractivity contribution < 1.29 is 9.90 Å². The molecule has 1 heterocycles. The Morgan fingerprint density at radius 3 is 2.67 bits per heavy atom. The molecule has 0 amide bonds. The summed E-state index contributed by atoms with van der Waals surface area (Å²) in [5.41, 5.74) is 13.3. The van der Waals surface area contributed by atoms with Crippen molar-refractivity contribution in [3.05, 3.63) is 74.8 Å². The molecule has 1 aliphatic heterocycles. The molecule has 0 radical (unpaired) electrons. The largest absolute Gasteiger partial charge is 0.483 e. The predicted molar refractivity (Wildman–Crippen MR) is 110 cm³/mol. The number of benzene rings is 2. The number of carbonyl (C=O) groups is 1. The van der Waals surface area contributed by atoms with Crippen LogP contribution < -0.4 is 5.73 Å². The van der Waals surface area contributed by atoms with Crippen molar-refractivity contribution in [1.29, 1.82) is 0 Å². The van der Waals surface area contributed by atoms with Gasteiger partial charge in [0, 0.05) is 35.7 Å². The van der Waals surface area contributed by atoms with Crippen LogP contribution in [0.25, 0.3) is 5.57 Å². The van der Waals surface area contributed by atoms with Gasteiger partial charge in [0.25, 0.3) is 6.47 Å². The van der Waals surface area contributed by atoms with Crippen LogP contribution in [0.1, 0.15) is 29.2 Å². The van der Waals surface area contributed by atoms with E-state index in [9.17, 15) is 0 Å². The fourth-order valence-corrected chi connectivity index (χ4v) is 4.24. The van der Waals surface area contributed by atoms with E-state index < -0.39 is 0 Å². The highest BCUT2D eigenvalue weighted by Gasteiger charge is 2.27. The molecule has 0 bridgehead atoms. The van der Waals surface area contributed by atoms with Gasteiger partial charge in [-0.1, -0.05) is 41.4 Å². The number of hydrogen-bond acceptors (Lipinski definition) is 3. The molecule has 27 heavy (non-hydrogen) atoms. The smallest absolute Gasteiger partial charge is 0.290 e. The minimum absolute atomic E-state index is 0.0101. The molecule has 1 unspecified atom stereocenters. The summed E-state index contributed by atoms with van der Waals surface area (Å²) in [5.74, 6) is 0. The molecule has 0 spiro atoms. The molecule has 1 aliphatic carbocycles. The second kappa shape index (κ2) is 8.89. The van der Waals surface area contributed by atoms with Gasteiger partial charge in [0.05, 0.1) is 0 Å². The Kier molecular flexibility index (Phi) is 6.55. The highest BCUT2D eigenvalue weighted by Crippen LogP contribution is 2.39. The van der Waals surface area contributed by atoms with E-state index >= 15 is 0 Å². The summed E-state index contributed by atoms with van der Waals surface area (Å²) < 4.78 is 0. The van der Waals surface area contributed by atoms with E-state index in [4.69, 9.17) is 38.8 Å². The molecule has 0 saturated carbocycles. The van der Waals surface area contributed by atoms with Crippen LogP contribution in [0.4, 0.5) is 0 Å². The lowest BCUT2D eigenvalue weighted by Crippen LogP contribution is -2.36. The van der Waals surface area contributed by atoms with E-state index in [1.165, 1.54) is 22.3 Å². The minimum Gasteiger partial charge on any atom is -0.483 e. The molecular formula is C21H22Cl2N2O2. The fraction of sp³-hybridized carbons (Fsp3) is 0.286. The Bertz CT molecular complexity index is 867. The number of rotatable bonds is 3. The zero-order valence-electron chi connectivity index (χ0n) is 14.9. The van der Waals surface area contributed by atoms with Crippen LogP contribution in [-0.4, -0.2) is 36.1 Å². The van der Waals surface area contributed by atoms with Gasteiger partial charge < -0.3 is 10.8 Å². The van der Waals surface area contributed by atoms with Gasteiger partial charge in [0.1, 0.15) is 0 Å². The molecule has 0 aromatic heterocycles. The van der Waals surface area contributed by atoms with E-state index in [-0.39, 0.29) is 12.5 Å². The first-order valence-corrected chi connectivity index (χ1v) is 9.58. The van der Waals surface area contributed by atoms with Crippen molar-refractivity contribution in [3.63, 3.8) is 0 Å². The van der Waals surface area contributed by atoms with Crippen LogP contribution in [0.15, 0.2) is 48.0 Å². The molecule has 2 aliphatic rings. The van der Waals surface area contributed by atoms with Crippen molar-refractivity contribution in [1.82, 2.24) is 4.90 Å². The second-order valence-corrected chi connectivity index (χ2v) is 7.69. The molecule has 4 rings (SSSR count). The number of carboxylic acid groups (broad SMARTS) is 1. The Balaban J connectivity index is 0.000000659. The summed E-state index contributed by atoms with van der Waals surface area (Å²) in [7, 11) is 0. The molecular weight excluding hydrogens is 383 g/mol. The first-order chi connectivity index (χ1) is 13.0. The number of fused-ring (bicyclic) bond motifs is 2. The quantitative estimate of drug-likeness (QED) is 0.743. The van der Waals surface area contributed by atoms with E-state index in [2.05, 4.69) is 23.1 Å². The van der Waals surface area contributed by atoms with Crippen molar-refractivity contribution >= 4 is 35.2 Å². The van der Waals surface area contributed by atoms with E-state index in [1.807, 2.05) is 24.3 Å². The van der Waals surface area contributed by atoms with Crippen LogP contribution in [0.5, 0.6) is 0 Å². The van der Waals surface area contributed by atoms with Crippen molar-refractivity contribution in [2.24, 2.45) is 5.73 Å². The summed E-state index contributed by atoms with van der Waals surface area (Å²) >= 11 is 12.3. The summed E-state index contributed by atoms with van der Waals surface area (Å²) in [4.78, 5) is 10.8.